The van der Waals surface area contributed by atoms with Gasteiger partial charge in [0, 0.05) is 18.6 Å². The first-order chi connectivity index (χ1) is 8.82. The van der Waals surface area contributed by atoms with Crippen molar-refractivity contribution in [3.63, 3.8) is 0 Å². The molecule has 1 saturated carbocycles. The van der Waals surface area contributed by atoms with Crippen molar-refractivity contribution in [2.45, 2.75) is 58.2 Å². The number of nitrogens with one attached hydrogen (secondary N) is 2. The lowest BCUT2D eigenvalue weighted by atomic mass is 9.64. The van der Waals surface area contributed by atoms with Crippen LogP contribution in [0.15, 0.2) is 0 Å². The molecule has 3 N–H and O–H groups in total. The van der Waals surface area contributed by atoms with Crippen molar-refractivity contribution in [3.8, 4) is 0 Å². The van der Waals surface area contributed by atoms with Crippen molar-refractivity contribution < 1.29 is 19.4 Å². The number of carboxylic acids is 1. The van der Waals surface area contributed by atoms with Crippen LogP contribution in [0.4, 0.5) is 4.79 Å². The topological polar surface area (TPSA) is 87.7 Å². The van der Waals surface area contributed by atoms with Crippen LogP contribution in [0.3, 0.4) is 0 Å². The summed E-state index contributed by atoms with van der Waals surface area (Å²) in [6.45, 7) is 5.93. The second kappa shape index (κ2) is 6.23. The minimum Gasteiger partial charge on any atom is -0.480 e. The van der Waals surface area contributed by atoms with E-state index in [2.05, 4.69) is 10.6 Å². The number of carbonyl (C=O) groups excluding carboxylic acids is 1. The molecule has 0 radical (unpaired) electrons. The Kier molecular flexibility index (Phi) is 5.17. The molecular formula is C13H24N2O4. The van der Waals surface area contributed by atoms with Crippen LogP contribution in [-0.4, -0.2) is 42.4 Å². The number of hydrogen-bond acceptors (Lipinski definition) is 3. The van der Waals surface area contributed by atoms with Crippen LogP contribution < -0.4 is 10.6 Å². The molecular weight excluding hydrogens is 248 g/mol. The molecule has 19 heavy (non-hydrogen) atoms. The smallest absolute Gasteiger partial charge is 0.326 e. The van der Waals surface area contributed by atoms with E-state index in [4.69, 9.17) is 9.84 Å². The fraction of sp³-hybridized carbons (Fsp3) is 0.846. The van der Waals surface area contributed by atoms with Gasteiger partial charge in [0.15, 0.2) is 0 Å². The summed E-state index contributed by atoms with van der Waals surface area (Å²) in [7, 11) is 1.66. The monoisotopic (exact) mass is 272 g/mol. The summed E-state index contributed by atoms with van der Waals surface area (Å²) in [5, 5.41) is 14.3. The van der Waals surface area contributed by atoms with E-state index in [0.717, 1.165) is 6.42 Å². The van der Waals surface area contributed by atoms with E-state index >= 15 is 0 Å². The van der Waals surface area contributed by atoms with Crippen molar-refractivity contribution >= 4 is 12.0 Å². The summed E-state index contributed by atoms with van der Waals surface area (Å²) in [5.74, 6) is -1.00. The number of hydrogen-bond donors (Lipinski definition) is 3. The minimum absolute atomic E-state index is 0.00789. The molecule has 0 aromatic rings. The Labute approximate surface area is 113 Å². The SMILES string of the molecule is CCC[C@H](NC(=O)NC1CC(OC)C1(C)C)C(=O)O. The largest absolute Gasteiger partial charge is 0.480 e. The van der Waals surface area contributed by atoms with Crippen molar-refractivity contribution in [2.75, 3.05) is 7.11 Å². The Balaban J connectivity index is 2.46. The van der Waals surface area contributed by atoms with Gasteiger partial charge in [-0.3, -0.25) is 0 Å². The Morgan fingerprint density at radius 3 is 2.53 bits per heavy atom. The van der Waals surface area contributed by atoms with Crippen molar-refractivity contribution in [1.82, 2.24) is 10.6 Å². The van der Waals surface area contributed by atoms with E-state index in [9.17, 15) is 9.59 Å². The normalized spacial score (nSPS) is 26.1. The number of ether oxygens (including phenoxy) is 1. The number of methoxy groups -OCH3 is 1. The number of rotatable bonds is 6. The molecule has 6 heteroatoms. The minimum atomic E-state index is -1.00. The Morgan fingerprint density at radius 1 is 1.47 bits per heavy atom. The molecule has 0 aromatic heterocycles. The van der Waals surface area contributed by atoms with Gasteiger partial charge in [-0.15, -0.1) is 0 Å². The molecule has 0 bridgehead atoms. The van der Waals surface area contributed by atoms with Gasteiger partial charge in [-0.1, -0.05) is 27.2 Å². The van der Waals surface area contributed by atoms with Crippen molar-refractivity contribution in [2.24, 2.45) is 5.41 Å². The average molecular weight is 272 g/mol. The average Bonchev–Trinajstić information content (AvgIpc) is 2.33. The van der Waals surface area contributed by atoms with Crippen LogP contribution in [0.2, 0.25) is 0 Å². The number of carboxylic acid groups (broad SMARTS) is 1. The number of aliphatic carboxylic acids is 1. The molecule has 2 amide bonds. The van der Waals surface area contributed by atoms with Crippen molar-refractivity contribution in [1.29, 1.82) is 0 Å². The third kappa shape index (κ3) is 3.59. The van der Waals surface area contributed by atoms with Gasteiger partial charge in [0.05, 0.1) is 6.10 Å². The first-order valence-electron chi connectivity index (χ1n) is 6.65. The van der Waals surface area contributed by atoms with E-state index < -0.39 is 18.0 Å². The quantitative estimate of drug-likeness (QED) is 0.681. The Morgan fingerprint density at radius 2 is 2.11 bits per heavy atom. The number of urea groups is 1. The zero-order chi connectivity index (χ0) is 14.6. The van der Waals surface area contributed by atoms with E-state index in [1.54, 1.807) is 7.11 Å². The van der Waals surface area contributed by atoms with Gasteiger partial charge in [0.2, 0.25) is 0 Å². The predicted molar refractivity (Wildman–Crippen MR) is 71.0 cm³/mol. The Hall–Kier alpha value is -1.30. The summed E-state index contributed by atoms with van der Waals surface area (Å²) in [6.07, 6.45) is 2.02. The molecule has 0 heterocycles. The van der Waals surface area contributed by atoms with E-state index in [1.165, 1.54) is 0 Å². The van der Waals surface area contributed by atoms with Gasteiger partial charge in [-0.2, -0.15) is 0 Å². The summed E-state index contributed by atoms with van der Waals surface area (Å²) in [5.41, 5.74) is -0.129. The van der Waals surface area contributed by atoms with Gasteiger partial charge >= 0.3 is 12.0 Å². The first-order valence-corrected chi connectivity index (χ1v) is 6.65. The van der Waals surface area contributed by atoms with Gasteiger partial charge in [-0.25, -0.2) is 9.59 Å². The molecule has 3 atom stereocenters. The van der Waals surface area contributed by atoms with Gasteiger partial charge < -0.3 is 20.5 Å². The zero-order valence-corrected chi connectivity index (χ0v) is 12.0. The highest BCUT2D eigenvalue weighted by atomic mass is 16.5. The summed E-state index contributed by atoms with van der Waals surface area (Å²) in [4.78, 5) is 22.7. The van der Waals surface area contributed by atoms with Crippen molar-refractivity contribution in [3.05, 3.63) is 0 Å². The molecule has 1 rings (SSSR count). The van der Waals surface area contributed by atoms with E-state index in [0.29, 0.717) is 12.8 Å². The highest BCUT2D eigenvalue weighted by Crippen LogP contribution is 2.42. The Bertz CT molecular complexity index is 344. The summed E-state index contributed by atoms with van der Waals surface area (Å²) < 4.78 is 5.31. The van der Waals surface area contributed by atoms with Crippen LogP contribution in [0, 0.1) is 5.41 Å². The van der Waals surface area contributed by atoms with Crippen LogP contribution in [-0.2, 0) is 9.53 Å². The van der Waals surface area contributed by atoms with E-state index in [-0.39, 0.29) is 17.6 Å². The van der Waals surface area contributed by atoms with Gasteiger partial charge in [0.1, 0.15) is 6.04 Å². The molecule has 0 saturated heterocycles. The molecule has 1 aliphatic rings. The maximum Gasteiger partial charge on any atom is 0.326 e. The third-order valence-electron chi connectivity index (χ3n) is 3.95. The third-order valence-corrected chi connectivity index (χ3v) is 3.95. The molecule has 0 aliphatic heterocycles. The lowest BCUT2D eigenvalue weighted by Gasteiger charge is -2.51. The van der Waals surface area contributed by atoms with Crippen LogP contribution in [0.25, 0.3) is 0 Å². The lowest BCUT2D eigenvalue weighted by molar-refractivity contribution is -0.139. The fourth-order valence-electron chi connectivity index (χ4n) is 2.43. The van der Waals surface area contributed by atoms with Crippen LogP contribution in [0.1, 0.15) is 40.0 Å². The number of amides is 2. The fourth-order valence-corrected chi connectivity index (χ4v) is 2.43. The molecule has 1 fully saturated rings. The van der Waals surface area contributed by atoms with Gasteiger partial charge in [-0.05, 0) is 12.8 Å². The molecule has 1 aliphatic carbocycles. The molecule has 6 nitrogen and oxygen atoms in total. The predicted octanol–water partition coefficient (Wildman–Crippen LogP) is 1.35. The highest BCUT2D eigenvalue weighted by Gasteiger charge is 2.49. The zero-order valence-electron chi connectivity index (χ0n) is 12.0. The highest BCUT2D eigenvalue weighted by molar-refractivity contribution is 5.82. The van der Waals surface area contributed by atoms with Crippen LogP contribution >= 0.6 is 0 Å². The maximum absolute atomic E-state index is 11.8. The molecule has 2 unspecified atom stereocenters. The number of carbonyl (C=O) groups is 2. The molecule has 110 valence electrons. The summed E-state index contributed by atoms with van der Waals surface area (Å²) in [6, 6.07) is -1.24. The standard InChI is InChI=1S/C13H24N2O4/c1-5-6-8(11(16)17)14-12(18)15-9-7-10(19-4)13(9,2)3/h8-10H,5-7H2,1-4H3,(H,16,17)(H2,14,15,18)/t8-,9?,10?/m0/s1. The second-order valence-electron chi connectivity index (χ2n) is 5.63. The lowest BCUT2D eigenvalue weighted by Crippen LogP contribution is -2.63. The second-order valence-corrected chi connectivity index (χ2v) is 5.63. The summed E-state index contributed by atoms with van der Waals surface area (Å²) >= 11 is 0. The molecule has 0 aromatic carbocycles. The van der Waals surface area contributed by atoms with E-state index in [1.807, 2.05) is 20.8 Å². The van der Waals surface area contributed by atoms with Gasteiger partial charge in [0.25, 0.3) is 0 Å². The molecule has 0 spiro atoms. The van der Waals surface area contributed by atoms with Crippen LogP contribution in [0.5, 0.6) is 0 Å². The maximum atomic E-state index is 11.8. The first kappa shape index (κ1) is 15.8.